The van der Waals surface area contributed by atoms with Crippen LogP contribution in [0.2, 0.25) is 0 Å². The Morgan fingerprint density at radius 2 is 2.21 bits per heavy atom. The van der Waals surface area contributed by atoms with Crippen molar-refractivity contribution >= 4 is 40.2 Å². The number of H-pyrrole nitrogens is 1. The highest BCUT2D eigenvalue weighted by molar-refractivity contribution is 5.85. The van der Waals surface area contributed by atoms with E-state index in [1.54, 1.807) is 13.3 Å². The third-order valence-electron chi connectivity index (χ3n) is 5.72. The van der Waals surface area contributed by atoms with Gasteiger partial charge in [-0.1, -0.05) is 18.2 Å². The Bertz CT molecular complexity index is 1380. The minimum absolute atomic E-state index is 0.183. The smallest absolute Gasteiger partial charge is 0.166 e. The Hall–Kier alpha value is -3.85. The van der Waals surface area contributed by atoms with Crippen LogP contribution in [0.1, 0.15) is 24.4 Å². The molecule has 4 aromatic rings. The molecule has 0 saturated carbocycles. The van der Waals surface area contributed by atoms with Gasteiger partial charge in [-0.25, -0.2) is 19.3 Å². The van der Waals surface area contributed by atoms with Gasteiger partial charge in [0.15, 0.2) is 17.3 Å². The van der Waals surface area contributed by atoms with Crippen molar-refractivity contribution in [1.29, 1.82) is 0 Å². The van der Waals surface area contributed by atoms with Crippen LogP contribution in [0.4, 0.5) is 10.2 Å². The number of hydrogen-bond acceptors (Lipinski definition) is 6. The lowest BCUT2D eigenvalue weighted by molar-refractivity contribution is -0.0218. The number of halogens is 1. The standard InChI is InChI=1S/C24H24FN7O/c1-15(9-17(25)11-26-2)22-30-23(21-24(31-22)32(14-29-21)18-12-33-13-18)27-8-7-16-10-28-20-6-4-3-5-19(16)20/h3-6,9-11,14,18,28H,2,7-8,12-13H2,1H3,(H,27,30,31)/b15-9+,17-11+. The predicted molar refractivity (Wildman–Crippen MR) is 128 cm³/mol. The van der Waals surface area contributed by atoms with Crippen molar-refractivity contribution in [1.82, 2.24) is 24.5 Å². The van der Waals surface area contributed by atoms with Gasteiger partial charge in [-0.05, 0) is 43.3 Å². The molecule has 8 nitrogen and oxygen atoms in total. The summed E-state index contributed by atoms with van der Waals surface area (Å²) in [6, 6.07) is 8.41. The molecule has 0 aliphatic carbocycles. The van der Waals surface area contributed by atoms with E-state index in [1.165, 1.54) is 17.0 Å². The fourth-order valence-electron chi connectivity index (χ4n) is 3.92. The number of benzene rings is 1. The number of aromatic nitrogens is 5. The van der Waals surface area contributed by atoms with Gasteiger partial charge in [0.25, 0.3) is 0 Å². The summed E-state index contributed by atoms with van der Waals surface area (Å²) in [7, 11) is 0. The van der Waals surface area contributed by atoms with Crippen LogP contribution < -0.4 is 5.32 Å². The van der Waals surface area contributed by atoms with Gasteiger partial charge in [0, 0.05) is 23.6 Å². The first-order valence-corrected chi connectivity index (χ1v) is 10.8. The van der Waals surface area contributed by atoms with Gasteiger partial charge in [-0.3, -0.25) is 4.99 Å². The number of nitrogens with one attached hydrogen (secondary N) is 2. The zero-order valence-corrected chi connectivity index (χ0v) is 18.3. The molecule has 1 fully saturated rings. The van der Waals surface area contributed by atoms with Gasteiger partial charge in [-0.2, -0.15) is 0 Å². The van der Waals surface area contributed by atoms with E-state index < -0.39 is 5.83 Å². The first kappa shape index (κ1) is 21.0. The molecule has 0 bridgehead atoms. The van der Waals surface area contributed by atoms with Crippen molar-refractivity contribution in [3.05, 3.63) is 66.3 Å². The third-order valence-corrected chi connectivity index (χ3v) is 5.72. The minimum Gasteiger partial charge on any atom is -0.377 e. The molecule has 9 heteroatoms. The lowest BCUT2D eigenvalue weighted by Crippen LogP contribution is -2.30. The van der Waals surface area contributed by atoms with E-state index in [2.05, 4.69) is 44.1 Å². The second kappa shape index (κ2) is 8.95. The van der Waals surface area contributed by atoms with Crippen LogP contribution in [-0.4, -0.2) is 51.0 Å². The summed E-state index contributed by atoms with van der Waals surface area (Å²) in [4.78, 5) is 20.7. The Morgan fingerprint density at radius 3 is 3.00 bits per heavy atom. The van der Waals surface area contributed by atoms with E-state index in [4.69, 9.17) is 9.72 Å². The minimum atomic E-state index is -0.513. The quantitative estimate of drug-likeness (QED) is 0.309. The van der Waals surface area contributed by atoms with Gasteiger partial charge in [0.2, 0.25) is 0 Å². The molecule has 0 atom stereocenters. The number of rotatable bonds is 8. The lowest BCUT2D eigenvalue weighted by atomic mass is 10.1. The molecule has 1 aliphatic rings. The zero-order chi connectivity index (χ0) is 22.8. The van der Waals surface area contributed by atoms with Gasteiger partial charge < -0.3 is 19.6 Å². The molecule has 3 aromatic heterocycles. The van der Waals surface area contributed by atoms with Crippen LogP contribution in [-0.2, 0) is 11.2 Å². The highest BCUT2D eigenvalue weighted by Crippen LogP contribution is 2.27. The van der Waals surface area contributed by atoms with E-state index in [0.717, 1.165) is 18.1 Å². The largest absolute Gasteiger partial charge is 0.377 e. The van der Waals surface area contributed by atoms with Crippen molar-refractivity contribution in [2.24, 2.45) is 4.99 Å². The number of fused-ring (bicyclic) bond motifs is 2. The van der Waals surface area contributed by atoms with Gasteiger partial charge in [-0.15, -0.1) is 0 Å². The number of allylic oxidation sites excluding steroid dienone is 3. The monoisotopic (exact) mass is 445 g/mol. The number of ether oxygens (including phenoxy) is 1. The topological polar surface area (TPSA) is 93.0 Å². The van der Waals surface area contributed by atoms with E-state index in [9.17, 15) is 4.39 Å². The number of nitrogens with zero attached hydrogens (tertiary/aromatic N) is 5. The summed E-state index contributed by atoms with van der Waals surface area (Å²) in [6.07, 6.45) is 7.01. The van der Waals surface area contributed by atoms with Crippen molar-refractivity contribution in [3.8, 4) is 0 Å². The first-order valence-electron chi connectivity index (χ1n) is 10.8. The van der Waals surface area contributed by atoms with Crippen molar-refractivity contribution in [2.75, 3.05) is 25.1 Å². The molecule has 168 valence electrons. The number of imidazole rings is 1. The molecular weight excluding hydrogens is 421 g/mol. The molecule has 5 rings (SSSR count). The van der Waals surface area contributed by atoms with Crippen LogP contribution in [0.15, 0.2) is 59.9 Å². The van der Waals surface area contributed by atoms with E-state index in [1.807, 2.05) is 22.9 Å². The Labute approximate surface area is 189 Å². The summed E-state index contributed by atoms with van der Waals surface area (Å²) in [6.45, 7) is 6.94. The molecule has 1 saturated heterocycles. The average molecular weight is 446 g/mol. The summed E-state index contributed by atoms with van der Waals surface area (Å²) in [5, 5.41) is 4.62. The van der Waals surface area contributed by atoms with Crippen LogP contribution in [0.5, 0.6) is 0 Å². The number of aliphatic imine (C=N–C) groups is 1. The van der Waals surface area contributed by atoms with Crippen molar-refractivity contribution in [2.45, 2.75) is 19.4 Å². The highest BCUT2D eigenvalue weighted by Gasteiger charge is 2.24. The SMILES string of the molecule is C=N/C=C(F)\C=C(/C)c1nc(NCCc2c[nH]c3ccccc23)c2ncn(C3COC3)c2n1. The Kier molecular flexibility index (Phi) is 5.70. The van der Waals surface area contributed by atoms with Gasteiger partial charge >= 0.3 is 0 Å². The van der Waals surface area contributed by atoms with Gasteiger partial charge in [0.05, 0.1) is 31.8 Å². The molecule has 2 N–H and O–H groups in total. The summed E-state index contributed by atoms with van der Waals surface area (Å²) < 4.78 is 21.3. The van der Waals surface area contributed by atoms with Crippen LogP contribution in [0.25, 0.3) is 27.6 Å². The van der Waals surface area contributed by atoms with E-state index >= 15 is 0 Å². The second-order valence-electron chi connectivity index (χ2n) is 7.97. The molecule has 1 aromatic carbocycles. The first-order chi connectivity index (χ1) is 16.1. The fraction of sp³-hybridized carbons (Fsp3) is 0.250. The molecule has 4 heterocycles. The van der Waals surface area contributed by atoms with Crippen LogP contribution >= 0.6 is 0 Å². The molecular formula is C24H24FN7O. The molecule has 0 spiro atoms. The molecule has 0 unspecified atom stereocenters. The second-order valence-corrected chi connectivity index (χ2v) is 7.97. The number of anilines is 1. The molecule has 1 aliphatic heterocycles. The summed E-state index contributed by atoms with van der Waals surface area (Å²) >= 11 is 0. The van der Waals surface area contributed by atoms with Crippen molar-refractivity contribution < 1.29 is 9.13 Å². The average Bonchev–Trinajstić information content (AvgIpc) is 3.37. The van der Waals surface area contributed by atoms with Gasteiger partial charge in [0.1, 0.15) is 11.3 Å². The molecule has 0 amide bonds. The maximum Gasteiger partial charge on any atom is 0.166 e. The normalized spacial score (nSPS) is 15.2. The molecule has 33 heavy (non-hydrogen) atoms. The third kappa shape index (κ3) is 4.14. The zero-order valence-electron chi connectivity index (χ0n) is 18.3. The lowest BCUT2D eigenvalue weighted by Gasteiger charge is -2.27. The Balaban J connectivity index is 1.46. The Morgan fingerprint density at radius 1 is 1.36 bits per heavy atom. The molecule has 0 radical (unpaired) electrons. The number of aromatic amines is 1. The maximum absolute atomic E-state index is 14.0. The van der Waals surface area contributed by atoms with E-state index in [0.29, 0.717) is 48.1 Å². The van der Waals surface area contributed by atoms with Crippen molar-refractivity contribution in [3.63, 3.8) is 0 Å². The predicted octanol–water partition coefficient (Wildman–Crippen LogP) is 4.45. The van der Waals surface area contributed by atoms with E-state index in [-0.39, 0.29) is 6.04 Å². The summed E-state index contributed by atoms with van der Waals surface area (Å²) in [5.74, 6) is 0.528. The van der Waals surface area contributed by atoms with Crippen LogP contribution in [0, 0.1) is 0 Å². The fourth-order valence-corrected chi connectivity index (χ4v) is 3.92. The summed E-state index contributed by atoms with van der Waals surface area (Å²) in [5.41, 5.74) is 4.29. The highest BCUT2D eigenvalue weighted by atomic mass is 19.1. The maximum atomic E-state index is 14.0. The number of hydrogen-bond donors (Lipinski definition) is 2. The number of para-hydroxylation sites is 1. The van der Waals surface area contributed by atoms with Crippen LogP contribution in [0.3, 0.4) is 0 Å².